The standard InChI is InChI=1S/C8H10ClN3O2S/c9-2-5-4-15-8(12-5)1-7(14)11-3-6(10)13/h4H,1-3H2,(H2,10,13)(H,11,14). The normalized spacial score (nSPS) is 9.93. The Bertz CT molecular complexity index is 367. The van der Waals surface area contributed by atoms with Crippen molar-refractivity contribution >= 4 is 34.8 Å². The third kappa shape index (κ3) is 4.26. The molecular formula is C8H10ClN3O2S. The van der Waals surface area contributed by atoms with Gasteiger partial charge in [0, 0.05) is 5.38 Å². The molecule has 0 saturated carbocycles. The van der Waals surface area contributed by atoms with Gasteiger partial charge in [-0.2, -0.15) is 0 Å². The first kappa shape index (κ1) is 11.9. The summed E-state index contributed by atoms with van der Waals surface area (Å²) in [6.45, 7) is -0.146. The third-order valence-electron chi connectivity index (χ3n) is 1.51. The van der Waals surface area contributed by atoms with Crippen molar-refractivity contribution in [2.45, 2.75) is 12.3 Å². The van der Waals surface area contributed by atoms with Crippen molar-refractivity contribution in [3.8, 4) is 0 Å². The van der Waals surface area contributed by atoms with Crippen molar-refractivity contribution in [3.63, 3.8) is 0 Å². The molecule has 15 heavy (non-hydrogen) atoms. The average molecular weight is 248 g/mol. The van der Waals surface area contributed by atoms with Gasteiger partial charge in [0.1, 0.15) is 5.01 Å². The maximum Gasteiger partial charge on any atom is 0.236 e. The summed E-state index contributed by atoms with van der Waals surface area (Å²) < 4.78 is 0. The van der Waals surface area contributed by atoms with E-state index in [1.54, 1.807) is 5.38 Å². The summed E-state index contributed by atoms with van der Waals surface area (Å²) in [6.07, 6.45) is 0.148. The second-order valence-corrected chi connectivity index (χ2v) is 4.00. The van der Waals surface area contributed by atoms with Gasteiger partial charge in [0.15, 0.2) is 0 Å². The fourth-order valence-corrected chi connectivity index (χ4v) is 1.90. The van der Waals surface area contributed by atoms with Crippen LogP contribution in [0.5, 0.6) is 0 Å². The molecule has 3 N–H and O–H groups in total. The molecule has 82 valence electrons. The monoisotopic (exact) mass is 247 g/mol. The molecule has 0 bridgehead atoms. The maximum atomic E-state index is 11.2. The van der Waals surface area contributed by atoms with Gasteiger partial charge in [0.05, 0.1) is 24.5 Å². The van der Waals surface area contributed by atoms with Crippen LogP contribution in [-0.4, -0.2) is 23.3 Å². The number of rotatable bonds is 5. The second kappa shape index (κ2) is 5.67. The number of primary amides is 1. The predicted molar refractivity (Wildman–Crippen MR) is 57.6 cm³/mol. The molecule has 0 aliphatic heterocycles. The van der Waals surface area contributed by atoms with Crippen LogP contribution in [0.15, 0.2) is 5.38 Å². The van der Waals surface area contributed by atoms with E-state index in [9.17, 15) is 9.59 Å². The summed E-state index contributed by atoms with van der Waals surface area (Å²) in [4.78, 5) is 25.7. The van der Waals surface area contributed by atoms with Crippen LogP contribution in [0.1, 0.15) is 10.7 Å². The zero-order chi connectivity index (χ0) is 11.3. The highest BCUT2D eigenvalue weighted by molar-refractivity contribution is 7.09. The van der Waals surface area contributed by atoms with Crippen molar-refractivity contribution in [1.29, 1.82) is 0 Å². The minimum atomic E-state index is -0.566. The van der Waals surface area contributed by atoms with E-state index in [4.69, 9.17) is 17.3 Å². The Morgan fingerprint density at radius 2 is 2.33 bits per heavy atom. The maximum absolute atomic E-state index is 11.2. The highest BCUT2D eigenvalue weighted by Crippen LogP contribution is 2.11. The molecule has 1 heterocycles. The molecule has 7 heteroatoms. The number of nitrogens with two attached hydrogens (primary N) is 1. The summed E-state index contributed by atoms with van der Waals surface area (Å²) in [6, 6.07) is 0. The molecule has 2 amide bonds. The van der Waals surface area contributed by atoms with Gasteiger partial charge in [-0.25, -0.2) is 4.98 Å². The quantitative estimate of drug-likeness (QED) is 0.720. The molecule has 0 fully saturated rings. The van der Waals surface area contributed by atoms with E-state index in [2.05, 4.69) is 10.3 Å². The number of alkyl halides is 1. The van der Waals surface area contributed by atoms with Crippen LogP contribution in [0.25, 0.3) is 0 Å². The van der Waals surface area contributed by atoms with Gasteiger partial charge in [-0.1, -0.05) is 0 Å². The molecule has 0 unspecified atom stereocenters. The van der Waals surface area contributed by atoms with Gasteiger partial charge in [-0.3, -0.25) is 9.59 Å². The highest BCUT2D eigenvalue weighted by atomic mass is 35.5. The van der Waals surface area contributed by atoms with Crippen LogP contribution in [-0.2, 0) is 21.9 Å². The number of hydrogen-bond acceptors (Lipinski definition) is 4. The van der Waals surface area contributed by atoms with E-state index in [1.165, 1.54) is 11.3 Å². The summed E-state index contributed by atoms with van der Waals surface area (Å²) in [5.41, 5.74) is 5.63. The van der Waals surface area contributed by atoms with Crippen molar-refractivity contribution < 1.29 is 9.59 Å². The number of amides is 2. The molecule has 0 atom stereocenters. The number of nitrogens with one attached hydrogen (secondary N) is 1. The highest BCUT2D eigenvalue weighted by Gasteiger charge is 2.07. The van der Waals surface area contributed by atoms with E-state index in [0.29, 0.717) is 10.9 Å². The molecule has 1 aromatic rings. The molecule has 5 nitrogen and oxygen atoms in total. The molecule has 0 saturated heterocycles. The number of halogens is 1. The second-order valence-electron chi connectivity index (χ2n) is 2.79. The van der Waals surface area contributed by atoms with E-state index >= 15 is 0 Å². The van der Waals surface area contributed by atoms with Gasteiger partial charge in [-0.15, -0.1) is 22.9 Å². The van der Waals surface area contributed by atoms with Crippen molar-refractivity contribution in [2.24, 2.45) is 5.73 Å². The smallest absolute Gasteiger partial charge is 0.236 e. The number of carbonyl (C=O) groups is 2. The fourth-order valence-electron chi connectivity index (χ4n) is 0.877. The van der Waals surface area contributed by atoms with Crippen molar-refractivity contribution in [1.82, 2.24) is 10.3 Å². The van der Waals surface area contributed by atoms with Crippen LogP contribution >= 0.6 is 22.9 Å². The first-order valence-electron chi connectivity index (χ1n) is 4.16. The molecule has 0 aromatic carbocycles. The lowest BCUT2D eigenvalue weighted by atomic mass is 10.4. The molecule has 0 aliphatic rings. The van der Waals surface area contributed by atoms with Crippen molar-refractivity contribution in [2.75, 3.05) is 6.54 Å². The zero-order valence-electron chi connectivity index (χ0n) is 7.83. The summed E-state index contributed by atoms with van der Waals surface area (Å²) >= 11 is 6.93. The minimum absolute atomic E-state index is 0.146. The fraction of sp³-hybridized carbons (Fsp3) is 0.375. The van der Waals surface area contributed by atoms with E-state index in [0.717, 1.165) is 5.69 Å². The van der Waals surface area contributed by atoms with Crippen LogP contribution in [0, 0.1) is 0 Å². The van der Waals surface area contributed by atoms with Gasteiger partial charge in [0.25, 0.3) is 0 Å². The topological polar surface area (TPSA) is 85.1 Å². The largest absolute Gasteiger partial charge is 0.368 e. The molecule has 0 radical (unpaired) electrons. The first-order chi connectivity index (χ1) is 7.11. The van der Waals surface area contributed by atoms with E-state index in [1.807, 2.05) is 0 Å². The molecule has 1 aromatic heterocycles. The zero-order valence-corrected chi connectivity index (χ0v) is 9.40. The number of aromatic nitrogens is 1. The van der Waals surface area contributed by atoms with E-state index < -0.39 is 5.91 Å². The Kier molecular flexibility index (Phi) is 4.51. The average Bonchev–Trinajstić information content (AvgIpc) is 2.62. The number of hydrogen-bond donors (Lipinski definition) is 2. The van der Waals surface area contributed by atoms with Gasteiger partial charge < -0.3 is 11.1 Å². The SMILES string of the molecule is NC(=O)CNC(=O)Cc1nc(CCl)cs1. The number of thiazole rings is 1. The van der Waals surface area contributed by atoms with Gasteiger partial charge in [0.2, 0.25) is 11.8 Å². The van der Waals surface area contributed by atoms with Crippen LogP contribution in [0.2, 0.25) is 0 Å². The minimum Gasteiger partial charge on any atom is -0.368 e. The molecule has 0 aliphatic carbocycles. The molecule has 0 spiro atoms. The van der Waals surface area contributed by atoms with Crippen LogP contribution < -0.4 is 11.1 Å². The van der Waals surface area contributed by atoms with Gasteiger partial charge in [-0.05, 0) is 0 Å². The lowest BCUT2D eigenvalue weighted by molar-refractivity contribution is -0.124. The summed E-state index contributed by atoms with van der Waals surface area (Å²) in [5, 5.41) is 4.85. The molecular weight excluding hydrogens is 238 g/mol. The molecule has 1 rings (SSSR count). The first-order valence-corrected chi connectivity index (χ1v) is 5.57. The Balaban J connectivity index is 2.40. The van der Waals surface area contributed by atoms with Gasteiger partial charge >= 0.3 is 0 Å². The summed E-state index contributed by atoms with van der Waals surface area (Å²) in [5.74, 6) is -0.507. The van der Waals surface area contributed by atoms with Crippen LogP contribution in [0.3, 0.4) is 0 Å². The number of carbonyl (C=O) groups excluding carboxylic acids is 2. The Hall–Kier alpha value is -1.14. The van der Waals surface area contributed by atoms with E-state index in [-0.39, 0.29) is 18.9 Å². The predicted octanol–water partition coefficient (Wildman–Crippen LogP) is 0.0259. The third-order valence-corrected chi connectivity index (χ3v) is 2.68. The Morgan fingerprint density at radius 1 is 1.60 bits per heavy atom. The Labute approximate surface area is 95.6 Å². The number of nitrogens with zero attached hydrogens (tertiary/aromatic N) is 1. The van der Waals surface area contributed by atoms with Crippen LogP contribution in [0.4, 0.5) is 0 Å². The lowest BCUT2D eigenvalue weighted by Gasteiger charge is -1.99. The van der Waals surface area contributed by atoms with Crippen molar-refractivity contribution in [3.05, 3.63) is 16.1 Å². The lowest BCUT2D eigenvalue weighted by Crippen LogP contribution is -2.34. The summed E-state index contributed by atoms with van der Waals surface area (Å²) in [7, 11) is 0. The Morgan fingerprint density at radius 3 is 2.87 bits per heavy atom.